The van der Waals surface area contributed by atoms with E-state index in [1.165, 1.54) is 23.3 Å². The van der Waals surface area contributed by atoms with E-state index in [0.29, 0.717) is 61.8 Å². The van der Waals surface area contributed by atoms with Crippen LogP contribution in [-0.2, 0) is 26.2 Å². The molecule has 3 aromatic carbocycles. The smallest absolute Gasteiger partial charge is 0.354 e. The highest BCUT2D eigenvalue weighted by Crippen LogP contribution is 2.17. The Bertz CT molecular complexity index is 2220. The third-order valence-corrected chi connectivity index (χ3v) is 9.82. The van der Waals surface area contributed by atoms with Gasteiger partial charge >= 0.3 is 11.9 Å². The molecule has 302 valence electrons. The van der Waals surface area contributed by atoms with Crippen molar-refractivity contribution in [2.75, 3.05) is 60.5 Å². The van der Waals surface area contributed by atoms with E-state index in [-0.39, 0.29) is 11.4 Å². The number of carbonyl (C=O) groups is 2. The minimum atomic E-state index is -1.12. The number of ether oxygens (including phenoxy) is 2. The fourth-order valence-electron chi connectivity index (χ4n) is 6.76. The van der Waals surface area contributed by atoms with Crippen LogP contribution in [-0.4, -0.2) is 107 Å². The van der Waals surface area contributed by atoms with E-state index >= 15 is 0 Å². The number of methoxy groups -OCH3 is 2. The van der Waals surface area contributed by atoms with Crippen LogP contribution in [0.1, 0.15) is 65.7 Å². The topological polar surface area (TPSA) is 141 Å². The Morgan fingerprint density at radius 3 is 1.39 bits per heavy atom. The third-order valence-electron chi connectivity index (χ3n) is 9.82. The summed E-state index contributed by atoms with van der Waals surface area (Å²) in [7, 11) is 5.15. The number of carboxylic acid groups (broad SMARTS) is 2. The Balaban J connectivity index is 1.26. The van der Waals surface area contributed by atoms with E-state index in [0.717, 1.165) is 48.8 Å². The molecule has 0 spiro atoms. The molecule has 0 unspecified atom stereocenters. The summed E-state index contributed by atoms with van der Waals surface area (Å²) in [6.07, 6.45) is 0. The van der Waals surface area contributed by atoms with E-state index in [2.05, 4.69) is 77.9 Å². The predicted octanol–water partition coefficient (Wildman–Crippen LogP) is 5.23. The molecular weight excluding hydrogens is 745 g/mol. The maximum absolute atomic E-state index is 12.2. The SMILES string of the molecule is CNCc1cccc(CN2CCN(Cc3cc(C#Cc4ccc(OC)cc4)cc(C(=O)O)n3)CCN(Cc3cc(C#Cc4ccc(OC)cc4)cc(C(=O)O)n3)CC2)c1. The second-order valence-electron chi connectivity index (χ2n) is 14.2. The van der Waals surface area contributed by atoms with Crippen LogP contribution in [0, 0.1) is 23.7 Å². The number of nitrogens with zero attached hydrogens (tertiary/aromatic N) is 5. The largest absolute Gasteiger partial charge is 0.497 e. The molecule has 0 radical (unpaired) electrons. The molecule has 1 aliphatic rings. The molecule has 5 aromatic rings. The minimum Gasteiger partial charge on any atom is -0.497 e. The zero-order chi connectivity index (χ0) is 41.6. The summed E-state index contributed by atoms with van der Waals surface area (Å²) in [5.74, 6) is 11.7. The first-order chi connectivity index (χ1) is 28.7. The molecule has 0 amide bonds. The molecule has 1 saturated heterocycles. The van der Waals surface area contributed by atoms with Gasteiger partial charge < -0.3 is 25.0 Å². The van der Waals surface area contributed by atoms with Gasteiger partial charge in [-0.3, -0.25) is 14.7 Å². The van der Waals surface area contributed by atoms with Crippen molar-refractivity contribution in [1.82, 2.24) is 30.0 Å². The molecule has 3 heterocycles. The lowest BCUT2D eigenvalue weighted by atomic mass is 10.1. The van der Waals surface area contributed by atoms with Gasteiger partial charge in [-0.2, -0.15) is 0 Å². The molecule has 2 aromatic heterocycles. The van der Waals surface area contributed by atoms with Gasteiger partial charge in [-0.25, -0.2) is 19.6 Å². The van der Waals surface area contributed by atoms with Crippen molar-refractivity contribution in [3.8, 4) is 35.2 Å². The summed E-state index contributed by atoms with van der Waals surface area (Å²) < 4.78 is 10.5. The highest BCUT2D eigenvalue weighted by molar-refractivity contribution is 5.86. The first kappa shape index (κ1) is 42.1. The van der Waals surface area contributed by atoms with Crippen LogP contribution in [0.15, 0.2) is 97.1 Å². The van der Waals surface area contributed by atoms with Crippen molar-refractivity contribution in [1.29, 1.82) is 0 Å². The lowest BCUT2D eigenvalue weighted by molar-refractivity contribution is 0.0679. The van der Waals surface area contributed by atoms with Crippen LogP contribution in [0.3, 0.4) is 0 Å². The maximum atomic E-state index is 12.2. The van der Waals surface area contributed by atoms with E-state index in [4.69, 9.17) is 9.47 Å². The third kappa shape index (κ3) is 12.7. The van der Waals surface area contributed by atoms with Gasteiger partial charge in [-0.05, 0) is 91.0 Å². The number of nitrogens with one attached hydrogen (secondary N) is 1. The highest BCUT2D eigenvalue weighted by Gasteiger charge is 2.20. The van der Waals surface area contributed by atoms with Crippen LogP contribution in [0.2, 0.25) is 0 Å². The van der Waals surface area contributed by atoms with E-state index in [1.807, 2.05) is 67.7 Å². The monoisotopic (exact) mass is 792 g/mol. The number of aromatic nitrogens is 2. The number of rotatable bonds is 12. The summed E-state index contributed by atoms with van der Waals surface area (Å²) in [4.78, 5) is 40.4. The van der Waals surface area contributed by atoms with Crippen LogP contribution < -0.4 is 14.8 Å². The minimum absolute atomic E-state index is 0.0641. The number of hydrogen-bond acceptors (Lipinski definition) is 10. The average molecular weight is 793 g/mol. The molecule has 59 heavy (non-hydrogen) atoms. The van der Waals surface area contributed by atoms with Gasteiger partial charge in [0.05, 0.1) is 25.6 Å². The van der Waals surface area contributed by atoms with Crippen LogP contribution in [0.4, 0.5) is 0 Å². The zero-order valence-electron chi connectivity index (χ0n) is 33.6. The van der Waals surface area contributed by atoms with E-state index < -0.39 is 11.9 Å². The average Bonchev–Trinajstić information content (AvgIpc) is 3.33. The lowest BCUT2D eigenvalue weighted by Crippen LogP contribution is -2.36. The molecular formula is C47H48N6O6. The number of benzene rings is 3. The fraction of sp³-hybridized carbons (Fsp3) is 0.277. The van der Waals surface area contributed by atoms with Crippen molar-refractivity contribution in [3.05, 3.63) is 153 Å². The zero-order valence-corrected chi connectivity index (χ0v) is 33.6. The second-order valence-corrected chi connectivity index (χ2v) is 14.2. The molecule has 12 heteroatoms. The number of hydrogen-bond donors (Lipinski definition) is 3. The summed E-state index contributed by atoms with van der Waals surface area (Å²) in [6, 6.07) is 30.0. The Labute approximate surface area is 345 Å². The van der Waals surface area contributed by atoms with Crippen molar-refractivity contribution in [3.63, 3.8) is 0 Å². The molecule has 6 rings (SSSR count). The summed E-state index contributed by atoms with van der Waals surface area (Å²) in [5.41, 5.74) is 6.19. The van der Waals surface area contributed by atoms with Gasteiger partial charge in [0.2, 0.25) is 0 Å². The second kappa shape index (κ2) is 20.8. The first-order valence-electron chi connectivity index (χ1n) is 19.4. The molecule has 3 N–H and O–H groups in total. The molecule has 0 bridgehead atoms. The van der Waals surface area contributed by atoms with Crippen molar-refractivity contribution in [2.24, 2.45) is 0 Å². The van der Waals surface area contributed by atoms with Crippen LogP contribution in [0.25, 0.3) is 0 Å². The van der Waals surface area contributed by atoms with E-state index in [9.17, 15) is 19.8 Å². The van der Waals surface area contributed by atoms with Gasteiger partial charge in [0.25, 0.3) is 0 Å². The predicted molar refractivity (Wildman–Crippen MR) is 225 cm³/mol. The Hall–Kier alpha value is -6.54. The van der Waals surface area contributed by atoms with Gasteiger partial charge in [0.1, 0.15) is 22.9 Å². The Morgan fingerprint density at radius 2 is 0.983 bits per heavy atom. The van der Waals surface area contributed by atoms with Crippen LogP contribution in [0.5, 0.6) is 11.5 Å². The molecule has 1 fully saturated rings. The first-order valence-corrected chi connectivity index (χ1v) is 19.4. The highest BCUT2D eigenvalue weighted by atomic mass is 16.5. The van der Waals surface area contributed by atoms with Gasteiger partial charge in [-0.15, -0.1) is 0 Å². The van der Waals surface area contributed by atoms with Crippen molar-refractivity contribution < 1.29 is 29.3 Å². The number of aromatic carboxylic acids is 2. The maximum Gasteiger partial charge on any atom is 0.354 e. The molecule has 0 atom stereocenters. The Morgan fingerprint density at radius 1 is 0.576 bits per heavy atom. The summed E-state index contributed by atoms with van der Waals surface area (Å²) in [6.45, 7) is 6.62. The quantitative estimate of drug-likeness (QED) is 0.143. The molecule has 0 aliphatic carbocycles. The molecule has 1 aliphatic heterocycles. The normalized spacial score (nSPS) is 13.7. The van der Waals surface area contributed by atoms with E-state index in [1.54, 1.807) is 14.2 Å². The molecule has 12 nitrogen and oxygen atoms in total. The lowest BCUT2D eigenvalue weighted by Gasteiger charge is -2.26. The summed E-state index contributed by atoms with van der Waals surface area (Å²) in [5, 5.41) is 23.2. The Kier molecular flexibility index (Phi) is 14.8. The number of pyridine rings is 2. The van der Waals surface area contributed by atoms with Gasteiger partial charge in [0.15, 0.2) is 0 Å². The van der Waals surface area contributed by atoms with Gasteiger partial charge in [0, 0.05) is 87.7 Å². The van der Waals surface area contributed by atoms with Gasteiger partial charge in [-0.1, -0.05) is 47.9 Å². The fourth-order valence-corrected chi connectivity index (χ4v) is 6.76. The number of carboxylic acids is 2. The van der Waals surface area contributed by atoms with Crippen molar-refractivity contribution in [2.45, 2.75) is 26.2 Å². The van der Waals surface area contributed by atoms with Crippen LogP contribution >= 0.6 is 0 Å². The standard InChI is InChI=1S/C47H48N6O6/c1-48-30-38-5-4-6-39(25-38)31-51-19-21-52(32-40-26-36(28-44(49-40)46(54)55)9-7-34-11-15-42(58-2)16-12-34)23-24-53(22-20-51)33-41-27-37(29-45(50-41)47(56)57)10-8-35-13-17-43(59-3)18-14-35/h4-6,11-18,25-29,48H,19-24,30-33H2,1-3H3,(H,54,55)(H,56,57). The molecule has 0 saturated carbocycles. The summed E-state index contributed by atoms with van der Waals surface area (Å²) >= 11 is 0. The van der Waals surface area contributed by atoms with Crippen molar-refractivity contribution >= 4 is 11.9 Å².